The third kappa shape index (κ3) is 3.87. The maximum Gasteiger partial charge on any atom is 0.407 e. The monoisotopic (exact) mass is 474 g/mol. The molecule has 1 saturated heterocycles. The largest absolute Gasteiger partial charge is 0.481 e. The van der Waals surface area contributed by atoms with Gasteiger partial charge in [-0.2, -0.15) is 0 Å². The molecule has 1 aliphatic heterocycles. The molecular weight excluding hydrogens is 444 g/mol. The average Bonchev–Trinajstić information content (AvgIpc) is 3.19. The zero-order chi connectivity index (χ0) is 24.2. The number of hydrogen-bond donors (Lipinski definition) is 2. The summed E-state index contributed by atoms with van der Waals surface area (Å²) in [6.07, 6.45) is 2.80. The Morgan fingerprint density at radius 2 is 1.57 bits per heavy atom. The summed E-state index contributed by atoms with van der Waals surface area (Å²) in [6.45, 7) is 1.80. The molecule has 2 N–H and O–H groups in total. The molecule has 6 rings (SSSR count). The molecule has 0 spiro atoms. The molecule has 7 nitrogen and oxygen atoms in total. The summed E-state index contributed by atoms with van der Waals surface area (Å²) in [5.41, 5.74) is 4.52. The van der Waals surface area contributed by atoms with E-state index in [0.717, 1.165) is 19.3 Å². The van der Waals surface area contributed by atoms with Gasteiger partial charge >= 0.3 is 12.1 Å². The quantitative estimate of drug-likeness (QED) is 0.635. The third-order valence-electron chi connectivity index (χ3n) is 8.72. The van der Waals surface area contributed by atoms with Crippen LogP contribution in [0.2, 0.25) is 0 Å². The van der Waals surface area contributed by atoms with E-state index in [0.29, 0.717) is 26.1 Å². The molecule has 0 radical (unpaired) electrons. The number of nitrogens with zero attached hydrogens (tertiary/aromatic N) is 1. The Bertz CT molecular complexity index is 1130. The first-order valence-electron chi connectivity index (χ1n) is 12.6. The Balaban J connectivity index is 1.02. The number of alkyl carbamates (subject to hydrolysis) is 1. The molecule has 0 aromatic heterocycles. The highest BCUT2D eigenvalue weighted by molar-refractivity contribution is 5.81. The van der Waals surface area contributed by atoms with Crippen LogP contribution in [0.5, 0.6) is 0 Å². The van der Waals surface area contributed by atoms with Crippen LogP contribution in [0.4, 0.5) is 4.79 Å². The summed E-state index contributed by atoms with van der Waals surface area (Å²) in [5.74, 6) is -0.679. The molecule has 2 saturated carbocycles. The van der Waals surface area contributed by atoms with Crippen molar-refractivity contribution >= 4 is 18.0 Å². The third-order valence-corrected chi connectivity index (χ3v) is 8.72. The number of aliphatic carboxylic acids is 1. The molecule has 2 unspecified atom stereocenters. The van der Waals surface area contributed by atoms with E-state index >= 15 is 0 Å². The summed E-state index contributed by atoms with van der Waals surface area (Å²) in [5, 5.41) is 12.1. The highest BCUT2D eigenvalue weighted by Crippen LogP contribution is 2.52. The number of amides is 2. The van der Waals surface area contributed by atoms with Gasteiger partial charge in [-0.25, -0.2) is 4.79 Å². The second-order valence-electron chi connectivity index (χ2n) is 10.7. The molecule has 4 aliphatic rings. The fourth-order valence-corrected chi connectivity index (χ4v) is 6.53. The molecular formula is C28H30N2O5. The fraction of sp³-hybridized carbons (Fsp3) is 0.464. The van der Waals surface area contributed by atoms with Gasteiger partial charge in [0.15, 0.2) is 0 Å². The maximum atomic E-state index is 12.9. The minimum atomic E-state index is -0.741. The molecule has 7 heteroatoms. The standard InChI is InChI=1S/C28H30N2O5/c31-24(30-13-21-22(14-30)25(21)26(32)33)12-28(10-5-11-28)16-29-27(34)35-15-23-19-8-3-1-6-17(19)18-7-2-4-9-20(18)23/h1-4,6-9,21-23,25H,5,10-16H2,(H,29,34)(H,32,33). The van der Waals surface area contributed by atoms with Gasteiger partial charge in [0.1, 0.15) is 6.61 Å². The van der Waals surface area contributed by atoms with Gasteiger partial charge in [-0.15, -0.1) is 0 Å². The SMILES string of the molecule is O=C(NCC1(CC(=O)N2CC3C(C2)C3C(=O)O)CCC1)OCC1c2ccccc2-c2ccccc21. The minimum absolute atomic E-state index is 0.0172. The lowest BCUT2D eigenvalue weighted by molar-refractivity contribution is -0.141. The van der Waals surface area contributed by atoms with Crippen molar-refractivity contribution in [2.45, 2.75) is 31.6 Å². The van der Waals surface area contributed by atoms with Gasteiger partial charge in [0.25, 0.3) is 0 Å². The lowest BCUT2D eigenvalue weighted by Crippen LogP contribution is -2.46. The van der Waals surface area contributed by atoms with Crippen LogP contribution in [0.3, 0.4) is 0 Å². The van der Waals surface area contributed by atoms with Crippen LogP contribution in [0.1, 0.15) is 42.7 Å². The van der Waals surface area contributed by atoms with Crippen LogP contribution in [0.15, 0.2) is 48.5 Å². The van der Waals surface area contributed by atoms with Crippen LogP contribution < -0.4 is 5.32 Å². The van der Waals surface area contributed by atoms with Crippen molar-refractivity contribution in [3.8, 4) is 11.1 Å². The smallest absolute Gasteiger partial charge is 0.407 e. The number of carboxylic acids is 1. The lowest BCUT2D eigenvalue weighted by Gasteiger charge is -2.42. The van der Waals surface area contributed by atoms with Crippen LogP contribution in [-0.2, 0) is 14.3 Å². The zero-order valence-corrected chi connectivity index (χ0v) is 19.6. The van der Waals surface area contributed by atoms with Crippen molar-refractivity contribution in [1.82, 2.24) is 10.2 Å². The molecule has 3 aliphatic carbocycles. The molecule has 3 fully saturated rings. The van der Waals surface area contributed by atoms with Gasteiger partial charge in [0, 0.05) is 32.0 Å². The molecule has 182 valence electrons. The lowest BCUT2D eigenvalue weighted by atomic mass is 9.66. The van der Waals surface area contributed by atoms with Crippen LogP contribution in [0.25, 0.3) is 11.1 Å². The van der Waals surface area contributed by atoms with Crippen LogP contribution in [-0.4, -0.2) is 54.2 Å². The highest BCUT2D eigenvalue weighted by atomic mass is 16.5. The summed E-state index contributed by atoms with van der Waals surface area (Å²) in [6, 6.07) is 16.5. The van der Waals surface area contributed by atoms with Crippen LogP contribution >= 0.6 is 0 Å². The van der Waals surface area contributed by atoms with Crippen molar-refractivity contribution < 1.29 is 24.2 Å². The van der Waals surface area contributed by atoms with Gasteiger partial charge in [0.2, 0.25) is 5.91 Å². The number of fused-ring (bicyclic) bond motifs is 4. The second kappa shape index (κ2) is 8.40. The first-order chi connectivity index (χ1) is 17.0. The van der Waals surface area contributed by atoms with Gasteiger partial charge in [0.05, 0.1) is 5.92 Å². The van der Waals surface area contributed by atoms with Crippen molar-refractivity contribution in [2.75, 3.05) is 26.2 Å². The number of carboxylic acid groups (broad SMARTS) is 1. The Morgan fingerprint density at radius 1 is 0.971 bits per heavy atom. The molecule has 2 atom stereocenters. The van der Waals surface area contributed by atoms with E-state index < -0.39 is 12.1 Å². The van der Waals surface area contributed by atoms with E-state index in [1.807, 2.05) is 29.2 Å². The number of hydrogen-bond acceptors (Lipinski definition) is 4. The van der Waals surface area contributed by atoms with E-state index in [-0.39, 0.29) is 41.6 Å². The Labute approximate surface area is 204 Å². The Morgan fingerprint density at radius 3 is 2.11 bits per heavy atom. The Kier molecular flexibility index (Phi) is 5.31. The van der Waals surface area contributed by atoms with Gasteiger partial charge in [-0.05, 0) is 52.3 Å². The number of ether oxygens (including phenoxy) is 1. The summed E-state index contributed by atoms with van der Waals surface area (Å²) >= 11 is 0. The van der Waals surface area contributed by atoms with Crippen molar-refractivity contribution in [1.29, 1.82) is 0 Å². The van der Waals surface area contributed by atoms with Crippen LogP contribution in [0, 0.1) is 23.2 Å². The second-order valence-corrected chi connectivity index (χ2v) is 10.7. The number of carbonyl (C=O) groups is 3. The molecule has 35 heavy (non-hydrogen) atoms. The van der Waals surface area contributed by atoms with Gasteiger partial charge in [-0.3, -0.25) is 9.59 Å². The number of benzene rings is 2. The molecule has 2 aromatic carbocycles. The first-order valence-corrected chi connectivity index (χ1v) is 12.6. The number of piperidine rings is 1. The summed E-state index contributed by atoms with van der Waals surface area (Å²) < 4.78 is 5.66. The topological polar surface area (TPSA) is 95.9 Å². The molecule has 2 aromatic rings. The fourth-order valence-electron chi connectivity index (χ4n) is 6.53. The molecule has 2 amide bonds. The van der Waals surface area contributed by atoms with Crippen molar-refractivity contribution in [2.24, 2.45) is 23.2 Å². The first kappa shape index (κ1) is 22.1. The maximum absolute atomic E-state index is 12.9. The minimum Gasteiger partial charge on any atom is -0.481 e. The van der Waals surface area contributed by atoms with Gasteiger partial charge < -0.3 is 20.1 Å². The van der Waals surface area contributed by atoms with Gasteiger partial charge in [-0.1, -0.05) is 55.0 Å². The highest BCUT2D eigenvalue weighted by Gasteiger charge is 2.60. The van der Waals surface area contributed by atoms with E-state index in [1.54, 1.807) is 0 Å². The summed E-state index contributed by atoms with van der Waals surface area (Å²) in [4.78, 5) is 38.5. The van der Waals surface area contributed by atoms with E-state index in [4.69, 9.17) is 4.74 Å². The predicted octanol–water partition coefficient (Wildman–Crippen LogP) is 3.87. The van der Waals surface area contributed by atoms with E-state index in [9.17, 15) is 19.5 Å². The van der Waals surface area contributed by atoms with Crippen molar-refractivity contribution in [3.63, 3.8) is 0 Å². The number of likely N-dealkylation sites (tertiary alicyclic amines) is 1. The average molecular weight is 475 g/mol. The normalized spacial score (nSPS) is 25.1. The number of carbonyl (C=O) groups excluding carboxylic acids is 2. The van der Waals surface area contributed by atoms with E-state index in [2.05, 4.69) is 29.6 Å². The Hall–Kier alpha value is -3.35. The number of rotatable bonds is 7. The molecule has 1 heterocycles. The summed E-state index contributed by atoms with van der Waals surface area (Å²) in [7, 11) is 0. The zero-order valence-electron chi connectivity index (χ0n) is 19.6. The van der Waals surface area contributed by atoms with Crippen molar-refractivity contribution in [3.05, 3.63) is 59.7 Å². The molecule has 0 bridgehead atoms. The number of nitrogens with one attached hydrogen (secondary N) is 1. The predicted molar refractivity (Wildman–Crippen MR) is 129 cm³/mol. The van der Waals surface area contributed by atoms with E-state index in [1.165, 1.54) is 22.3 Å².